The monoisotopic (exact) mass is 379 g/mol. The van der Waals surface area contributed by atoms with Crippen molar-refractivity contribution in [3.8, 4) is 0 Å². The summed E-state index contributed by atoms with van der Waals surface area (Å²) >= 11 is 0. The molecule has 1 aromatic rings. The zero-order chi connectivity index (χ0) is 18.8. The van der Waals surface area contributed by atoms with E-state index >= 15 is 0 Å². The van der Waals surface area contributed by atoms with Gasteiger partial charge in [-0.2, -0.15) is 0 Å². The molecule has 2 aliphatic heterocycles. The Morgan fingerprint density at radius 2 is 1.69 bits per heavy atom. The van der Waals surface area contributed by atoms with E-state index in [1.54, 1.807) is 30.3 Å². The first kappa shape index (κ1) is 19.3. The van der Waals surface area contributed by atoms with Crippen LogP contribution in [-0.4, -0.2) is 87.1 Å². The molecule has 1 spiro atoms. The van der Waals surface area contributed by atoms with Crippen LogP contribution in [0.4, 0.5) is 0 Å². The maximum Gasteiger partial charge on any atom is 0.223 e. The molecule has 26 heavy (non-hydrogen) atoms. The van der Waals surface area contributed by atoms with E-state index in [4.69, 9.17) is 0 Å². The van der Waals surface area contributed by atoms with Crippen molar-refractivity contribution in [3.63, 3.8) is 0 Å². The third kappa shape index (κ3) is 4.10. The molecule has 2 saturated heterocycles. The maximum atomic E-state index is 12.7. The third-order valence-electron chi connectivity index (χ3n) is 5.96. The van der Waals surface area contributed by atoms with Crippen molar-refractivity contribution in [2.24, 2.45) is 0 Å². The fraction of sp³-hybridized carbons (Fsp3) is 0.632. The Morgan fingerprint density at radius 3 is 2.35 bits per heavy atom. The fourth-order valence-corrected chi connectivity index (χ4v) is 5.23. The summed E-state index contributed by atoms with van der Waals surface area (Å²) in [5, 5.41) is 0. The molecule has 6 nitrogen and oxygen atoms in total. The minimum atomic E-state index is -3.41. The predicted molar refractivity (Wildman–Crippen MR) is 102 cm³/mol. The second-order valence-corrected chi connectivity index (χ2v) is 9.76. The molecule has 0 radical (unpaired) electrons. The molecular formula is C19H29N3O3S. The van der Waals surface area contributed by atoms with Crippen LogP contribution in [0, 0.1) is 0 Å². The summed E-state index contributed by atoms with van der Waals surface area (Å²) in [5.41, 5.74) is 0.0404. The van der Waals surface area contributed by atoms with E-state index < -0.39 is 9.84 Å². The van der Waals surface area contributed by atoms with Crippen molar-refractivity contribution in [2.45, 2.75) is 29.7 Å². The second-order valence-electron chi connectivity index (χ2n) is 7.65. The van der Waals surface area contributed by atoms with Crippen LogP contribution in [0.2, 0.25) is 0 Å². The van der Waals surface area contributed by atoms with Gasteiger partial charge in [0.15, 0.2) is 9.84 Å². The number of nitrogens with zero attached hydrogens (tertiary/aromatic N) is 3. The summed E-state index contributed by atoms with van der Waals surface area (Å²) in [6, 6.07) is 8.37. The maximum absolute atomic E-state index is 12.7. The van der Waals surface area contributed by atoms with Gasteiger partial charge in [-0.1, -0.05) is 18.2 Å². The molecule has 3 rings (SSSR count). The van der Waals surface area contributed by atoms with Crippen molar-refractivity contribution >= 4 is 15.7 Å². The van der Waals surface area contributed by atoms with E-state index in [0.29, 0.717) is 13.1 Å². The molecule has 0 saturated carbocycles. The first-order chi connectivity index (χ1) is 12.3. The van der Waals surface area contributed by atoms with Crippen molar-refractivity contribution in [3.05, 3.63) is 30.3 Å². The van der Waals surface area contributed by atoms with Gasteiger partial charge in [-0.05, 0) is 52.2 Å². The number of piperazine rings is 1. The number of likely N-dealkylation sites (N-methyl/N-ethyl adjacent to an activating group) is 1. The first-order valence-electron chi connectivity index (χ1n) is 9.28. The molecule has 0 aromatic heterocycles. The smallest absolute Gasteiger partial charge is 0.223 e. The number of sulfone groups is 1. The molecule has 0 unspecified atom stereocenters. The van der Waals surface area contributed by atoms with Crippen LogP contribution in [-0.2, 0) is 14.6 Å². The molecule has 0 aliphatic carbocycles. The Bertz CT molecular complexity index is 728. The van der Waals surface area contributed by atoms with Gasteiger partial charge >= 0.3 is 0 Å². The number of carbonyl (C=O) groups excluding carboxylic acids is 1. The normalized spacial score (nSPS) is 21.8. The Balaban J connectivity index is 1.61. The summed E-state index contributed by atoms with van der Waals surface area (Å²) in [7, 11) is 0.868. The average molecular weight is 380 g/mol. The number of hydrogen-bond donors (Lipinski definition) is 0. The Morgan fingerprint density at radius 1 is 1.04 bits per heavy atom. The molecule has 1 aromatic carbocycles. The van der Waals surface area contributed by atoms with Gasteiger partial charge in [-0.15, -0.1) is 0 Å². The van der Waals surface area contributed by atoms with E-state index in [1.807, 2.05) is 4.90 Å². The highest BCUT2D eigenvalue weighted by Gasteiger charge is 2.42. The van der Waals surface area contributed by atoms with Gasteiger partial charge in [0.1, 0.15) is 0 Å². The number of rotatable bonds is 4. The minimum Gasteiger partial charge on any atom is -0.340 e. The van der Waals surface area contributed by atoms with Gasteiger partial charge in [0.05, 0.1) is 10.6 Å². The molecule has 0 bridgehead atoms. The number of carbonyl (C=O) groups is 1. The summed E-state index contributed by atoms with van der Waals surface area (Å²) in [4.78, 5) is 19.6. The lowest BCUT2D eigenvalue weighted by Gasteiger charge is -2.52. The number of piperidine rings is 1. The molecule has 0 N–H and O–H groups in total. The van der Waals surface area contributed by atoms with E-state index in [2.05, 4.69) is 23.9 Å². The summed E-state index contributed by atoms with van der Waals surface area (Å²) in [5.74, 6) is -0.173. The van der Waals surface area contributed by atoms with Crippen molar-refractivity contribution < 1.29 is 13.2 Å². The first-order valence-corrected chi connectivity index (χ1v) is 10.9. The predicted octanol–water partition coefficient (Wildman–Crippen LogP) is 1.09. The zero-order valence-electron chi connectivity index (χ0n) is 15.7. The molecule has 2 fully saturated rings. The highest BCUT2D eigenvalue weighted by Crippen LogP contribution is 2.31. The summed E-state index contributed by atoms with van der Waals surface area (Å²) < 4.78 is 24.8. The molecule has 7 heteroatoms. The van der Waals surface area contributed by atoms with Gasteiger partial charge in [-0.3, -0.25) is 9.69 Å². The van der Waals surface area contributed by atoms with E-state index in [-0.39, 0.29) is 28.5 Å². The van der Waals surface area contributed by atoms with Crippen LogP contribution in [0.5, 0.6) is 0 Å². The summed E-state index contributed by atoms with van der Waals surface area (Å²) in [6.07, 6.45) is 2.15. The van der Waals surface area contributed by atoms with Crippen LogP contribution >= 0.6 is 0 Å². The highest BCUT2D eigenvalue weighted by molar-refractivity contribution is 7.91. The highest BCUT2D eigenvalue weighted by atomic mass is 32.2. The average Bonchev–Trinajstić information content (AvgIpc) is 2.65. The molecule has 2 aliphatic rings. The van der Waals surface area contributed by atoms with Crippen LogP contribution in [0.3, 0.4) is 0 Å². The topological polar surface area (TPSA) is 60.9 Å². The van der Waals surface area contributed by atoms with Crippen LogP contribution in [0.25, 0.3) is 0 Å². The van der Waals surface area contributed by atoms with Crippen LogP contribution in [0.1, 0.15) is 19.3 Å². The van der Waals surface area contributed by atoms with Gasteiger partial charge in [0, 0.05) is 31.6 Å². The number of likely N-dealkylation sites (tertiary alicyclic amines) is 1. The molecular weight excluding hydrogens is 350 g/mol. The molecule has 144 valence electrons. The van der Waals surface area contributed by atoms with E-state index in [9.17, 15) is 13.2 Å². The number of amides is 1. The van der Waals surface area contributed by atoms with Gasteiger partial charge in [0.25, 0.3) is 0 Å². The lowest BCUT2D eigenvalue weighted by Crippen LogP contribution is -2.65. The molecule has 2 heterocycles. The third-order valence-corrected chi connectivity index (χ3v) is 7.69. The fourth-order valence-electron chi connectivity index (χ4n) is 3.98. The van der Waals surface area contributed by atoms with Crippen LogP contribution < -0.4 is 0 Å². The zero-order valence-corrected chi connectivity index (χ0v) is 16.5. The quantitative estimate of drug-likeness (QED) is 0.784. The largest absolute Gasteiger partial charge is 0.340 e. The van der Waals surface area contributed by atoms with Gasteiger partial charge < -0.3 is 9.80 Å². The SMILES string of the molecule is CN1CCC2(CC1)CN(C(=O)CCS(=O)(=O)c1ccccc1)CCN2C. The van der Waals surface area contributed by atoms with Crippen molar-refractivity contribution in [1.29, 1.82) is 0 Å². The van der Waals surface area contributed by atoms with Gasteiger partial charge in [0.2, 0.25) is 5.91 Å². The molecule has 1 amide bonds. The van der Waals surface area contributed by atoms with Crippen molar-refractivity contribution in [1.82, 2.24) is 14.7 Å². The van der Waals surface area contributed by atoms with Crippen LogP contribution in [0.15, 0.2) is 35.2 Å². The van der Waals surface area contributed by atoms with Gasteiger partial charge in [-0.25, -0.2) is 8.42 Å². The lowest BCUT2D eigenvalue weighted by molar-refractivity contribution is -0.137. The Kier molecular flexibility index (Phi) is 5.69. The Hall–Kier alpha value is -1.44. The van der Waals surface area contributed by atoms with Crippen molar-refractivity contribution in [2.75, 3.05) is 52.6 Å². The van der Waals surface area contributed by atoms with E-state index in [1.165, 1.54) is 0 Å². The second kappa shape index (κ2) is 7.66. The minimum absolute atomic E-state index is 0.0404. The number of benzene rings is 1. The standard InChI is InChI=1S/C19H29N3O3S/c1-20-11-9-19(10-12-20)16-22(14-13-21(19)2)18(23)8-15-26(24,25)17-6-4-3-5-7-17/h3-7H,8-16H2,1-2H3. The molecule has 0 atom stereocenters. The van der Waals surface area contributed by atoms with E-state index in [0.717, 1.165) is 32.5 Å². The summed E-state index contributed by atoms with van der Waals surface area (Å²) in [6.45, 7) is 4.31. The number of hydrogen-bond acceptors (Lipinski definition) is 5. The Labute approximate surface area is 156 Å². The lowest BCUT2D eigenvalue weighted by atomic mass is 9.84.